The van der Waals surface area contributed by atoms with Crippen molar-refractivity contribution in [2.45, 2.75) is 19.0 Å². The lowest BCUT2D eigenvalue weighted by Gasteiger charge is -2.41. The summed E-state index contributed by atoms with van der Waals surface area (Å²) in [5, 5.41) is 7.45. The highest BCUT2D eigenvalue weighted by Gasteiger charge is 2.28. The molecular weight excluding hydrogens is 420 g/mol. The van der Waals surface area contributed by atoms with Crippen molar-refractivity contribution in [2.24, 2.45) is 0 Å². The molecule has 1 aliphatic heterocycles. The zero-order chi connectivity index (χ0) is 19.2. The van der Waals surface area contributed by atoms with Crippen molar-refractivity contribution in [3.8, 4) is 0 Å². The largest absolute Gasteiger partial charge is 0.358 e. The molecule has 2 atom stereocenters. The molecule has 6 heteroatoms. The Kier molecular flexibility index (Phi) is 7.24. The van der Waals surface area contributed by atoms with Crippen LogP contribution in [-0.4, -0.2) is 54.2 Å². The number of piperazine rings is 1. The fraction of sp³-hybridized carbons (Fsp3) is 0.381. The number of nitrogens with one attached hydrogen (secondary N) is 2. The molecule has 0 aromatic heterocycles. The summed E-state index contributed by atoms with van der Waals surface area (Å²) in [4.78, 5) is 4.95. The first-order valence-electron chi connectivity index (χ1n) is 9.33. The van der Waals surface area contributed by atoms with E-state index in [9.17, 15) is 0 Å². The monoisotopic (exact) mass is 446 g/mol. The first-order chi connectivity index (χ1) is 13.0. The van der Waals surface area contributed by atoms with E-state index in [0.29, 0.717) is 5.11 Å². The summed E-state index contributed by atoms with van der Waals surface area (Å²) in [5.74, 6) is 0. The van der Waals surface area contributed by atoms with Crippen LogP contribution in [0, 0.1) is 0 Å². The lowest BCUT2D eigenvalue weighted by molar-refractivity contribution is 0.0973. The molecule has 0 unspecified atom stereocenters. The van der Waals surface area contributed by atoms with Gasteiger partial charge in [-0.05, 0) is 56.0 Å². The average molecular weight is 447 g/mol. The summed E-state index contributed by atoms with van der Waals surface area (Å²) >= 11 is 9.03. The first-order valence-corrected chi connectivity index (χ1v) is 10.5. The van der Waals surface area contributed by atoms with Gasteiger partial charge < -0.3 is 15.5 Å². The molecule has 0 saturated carbocycles. The van der Waals surface area contributed by atoms with Crippen LogP contribution in [0.4, 0.5) is 5.69 Å². The summed E-state index contributed by atoms with van der Waals surface area (Å²) in [6, 6.07) is 19.2. The van der Waals surface area contributed by atoms with Gasteiger partial charge in [-0.25, -0.2) is 0 Å². The highest BCUT2D eigenvalue weighted by molar-refractivity contribution is 9.10. The highest BCUT2D eigenvalue weighted by atomic mass is 79.9. The van der Waals surface area contributed by atoms with E-state index in [1.54, 1.807) is 0 Å². The predicted molar refractivity (Wildman–Crippen MR) is 121 cm³/mol. The van der Waals surface area contributed by atoms with Crippen molar-refractivity contribution < 1.29 is 0 Å². The zero-order valence-corrected chi connectivity index (χ0v) is 18.3. The van der Waals surface area contributed by atoms with E-state index < -0.39 is 0 Å². The number of halogens is 1. The number of thiocarbonyl (C=S) groups is 1. The van der Waals surface area contributed by atoms with Crippen LogP contribution in [0.1, 0.15) is 18.5 Å². The molecule has 0 radical (unpaired) electrons. The minimum atomic E-state index is 0.186. The minimum Gasteiger partial charge on any atom is -0.358 e. The molecule has 4 nitrogen and oxygen atoms in total. The van der Waals surface area contributed by atoms with Gasteiger partial charge in [-0.1, -0.05) is 46.3 Å². The first kappa shape index (κ1) is 20.3. The zero-order valence-electron chi connectivity index (χ0n) is 15.9. The average Bonchev–Trinajstić information content (AvgIpc) is 2.66. The molecule has 1 aliphatic rings. The van der Waals surface area contributed by atoms with Gasteiger partial charge >= 0.3 is 0 Å². The standard InChI is InChI=1S/C21H27BrN4S/c1-16(23-21(27)24-19-10-8-18(22)9-11-19)20(17-6-4-3-5-7-17)26-14-12-25(2)13-15-26/h3-11,16,20H,12-15H2,1-2H3,(H2,23,24,27)/t16-,20-/m0/s1. The number of nitrogens with zero attached hydrogens (tertiary/aromatic N) is 2. The molecule has 144 valence electrons. The number of anilines is 1. The molecule has 0 bridgehead atoms. The van der Waals surface area contributed by atoms with E-state index in [0.717, 1.165) is 36.3 Å². The van der Waals surface area contributed by atoms with Gasteiger partial charge in [0.1, 0.15) is 0 Å². The van der Waals surface area contributed by atoms with Crippen LogP contribution in [0.3, 0.4) is 0 Å². The van der Waals surface area contributed by atoms with E-state index in [1.807, 2.05) is 24.3 Å². The summed E-state index contributed by atoms with van der Waals surface area (Å²) in [6.45, 7) is 6.53. The van der Waals surface area contributed by atoms with Crippen molar-refractivity contribution in [3.63, 3.8) is 0 Å². The van der Waals surface area contributed by atoms with Crippen molar-refractivity contribution in [1.82, 2.24) is 15.1 Å². The van der Waals surface area contributed by atoms with Crippen LogP contribution in [0.15, 0.2) is 59.1 Å². The third kappa shape index (κ3) is 5.75. The van der Waals surface area contributed by atoms with Crippen LogP contribution in [0.2, 0.25) is 0 Å². The normalized spacial score (nSPS) is 17.9. The molecule has 1 heterocycles. The van der Waals surface area contributed by atoms with Crippen molar-refractivity contribution >= 4 is 38.9 Å². The molecular formula is C21H27BrN4S. The van der Waals surface area contributed by atoms with Gasteiger partial charge in [0.2, 0.25) is 0 Å². The molecule has 2 aromatic carbocycles. The van der Waals surface area contributed by atoms with Gasteiger partial charge in [0.15, 0.2) is 5.11 Å². The van der Waals surface area contributed by atoms with E-state index in [4.69, 9.17) is 12.2 Å². The second-order valence-electron chi connectivity index (χ2n) is 7.09. The van der Waals surface area contributed by atoms with Gasteiger partial charge in [-0.3, -0.25) is 4.90 Å². The molecule has 2 N–H and O–H groups in total. The minimum absolute atomic E-state index is 0.186. The lowest BCUT2D eigenvalue weighted by Crippen LogP contribution is -2.52. The second-order valence-corrected chi connectivity index (χ2v) is 8.41. The summed E-state index contributed by atoms with van der Waals surface area (Å²) in [6.07, 6.45) is 0. The molecule has 1 saturated heterocycles. The number of hydrogen-bond donors (Lipinski definition) is 2. The third-order valence-electron chi connectivity index (χ3n) is 5.01. The van der Waals surface area contributed by atoms with Gasteiger partial charge in [0, 0.05) is 42.4 Å². The maximum absolute atomic E-state index is 5.57. The van der Waals surface area contributed by atoms with Gasteiger partial charge in [0.05, 0.1) is 6.04 Å². The van der Waals surface area contributed by atoms with E-state index in [-0.39, 0.29) is 12.1 Å². The fourth-order valence-corrected chi connectivity index (χ4v) is 4.12. The molecule has 0 aliphatic carbocycles. The summed E-state index contributed by atoms with van der Waals surface area (Å²) in [7, 11) is 2.19. The smallest absolute Gasteiger partial charge is 0.171 e. The van der Waals surface area contributed by atoms with E-state index in [1.165, 1.54) is 5.56 Å². The Morgan fingerprint density at radius 1 is 1.00 bits per heavy atom. The number of benzene rings is 2. The number of rotatable bonds is 5. The second kappa shape index (κ2) is 9.64. The molecule has 2 aromatic rings. The quantitative estimate of drug-likeness (QED) is 0.674. The van der Waals surface area contributed by atoms with Crippen LogP contribution < -0.4 is 10.6 Å². The number of likely N-dealkylation sites (N-methyl/N-ethyl adjacent to an activating group) is 1. The van der Waals surface area contributed by atoms with Gasteiger partial charge in [-0.2, -0.15) is 0 Å². The topological polar surface area (TPSA) is 30.5 Å². The fourth-order valence-electron chi connectivity index (χ4n) is 3.55. The SMILES string of the molecule is C[C@H](NC(=S)Nc1ccc(Br)cc1)[C@@H](c1ccccc1)N1CCN(C)CC1. The maximum atomic E-state index is 5.57. The molecule has 27 heavy (non-hydrogen) atoms. The molecule has 3 rings (SSSR count). The lowest BCUT2D eigenvalue weighted by atomic mass is 9.98. The molecule has 1 fully saturated rings. The highest BCUT2D eigenvalue weighted by Crippen LogP contribution is 2.25. The van der Waals surface area contributed by atoms with Gasteiger partial charge in [-0.15, -0.1) is 0 Å². The van der Waals surface area contributed by atoms with Crippen molar-refractivity contribution in [1.29, 1.82) is 0 Å². The van der Waals surface area contributed by atoms with Crippen LogP contribution >= 0.6 is 28.1 Å². The van der Waals surface area contributed by atoms with Crippen molar-refractivity contribution in [2.75, 3.05) is 38.5 Å². The van der Waals surface area contributed by atoms with Crippen molar-refractivity contribution in [3.05, 3.63) is 64.6 Å². The van der Waals surface area contributed by atoms with Crippen LogP contribution in [0.25, 0.3) is 0 Å². The Morgan fingerprint density at radius 3 is 2.26 bits per heavy atom. The Labute approximate surface area is 176 Å². The molecule has 0 amide bonds. The summed E-state index contributed by atoms with van der Waals surface area (Å²) < 4.78 is 1.06. The maximum Gasteiger partial charge on any atom is 0.171 e. The van der Waals surface area contributed by atoms with E-state index in [2.05, 4.69) is 80.7 Å². The molecule has 0 spiro atoms. The Balaban J connectivity index is 1.69. The predicted octanol–water partition coefficient (Wildman–Crippen LogP) is 4.11. The Hall–Kier alpha value is -1.47. The van der Waals surface area contributed by atoms with Crippen LogP contribution in [-0.2, 0) is 0 Å². The van der Waals surface area contributed by atoms with E-state index >= 15 is 0 Å². The summed E-state index contributed by atoms with van der Waals surface area (Å²) in [5.41, 5.74) is 2.31. The van der Waals surface area contributed by atoms with Gasteiger partial charge in [0.25, 0.3) is 0 Å². The third-order valence-corrected chi connectivity index (χ3v) is 5.76. The Bertz CT molecular complexity index is 730. The Morgan fingerprint density at radius 2 is 1.63 bits per heavy atom. The number of hydrogen-bond acceptors (Lipinski definition) is 3. The van der Waals surface area contributed by atoms with Crippen LogP contribution in [0.5, 0.6) is 0 Å².